The van der Waals surface area contributed by atoms with Gasteiger partial charge in [-0.3, -0.25) is 14.7 Å². The minimum atomic E-state index is -4.42. The fraction of sp³-hybridized carbons (Fsp3) is 0.556. The quantitative estimate of drug-likeness (QED) is 0.633. The molecule has 3 atom stereocenters. The Balaban J connectivity index is 1.16. The largest absolute Gasteiger partial charge is 0.417 e. The highest BCUT2D eigenvalue weighted by Gasteiger charge is 2.57. The van der Waals surface area contributed by atoms with Gasteiger partial charge in [-0.15, -0.1) is 0 Å². The maximum Gasteiger partial charge on any atom is 0.417 e. The Morgan fingerprint density at radius 3 is 2.71 bits per heavy atom. The van der Waals surface area contributed by atoms with E-state index in [4.69, 9.17) is 0 Å². The van der Waals surface area contributed by atoms with Crippen molar-refractivity contribution in [1.82, 2.24) is 14.8 Å². The van der Waals surface area contributed by atoms with E-state index in [1.807, 2.05) is 11.0 Å². The average molecular weight is 470 g/mol. The first-order valence-electron chi connectivity index (χ1n) is 12.5. The second-order valence-corrected chi connectivity index (χ2v) is 10.7. The molecule has 7 heteroatoms. The van der Waals surface area contributed by atoms with Gasteiger partial charge in [-0.25, -0.2) is 0 Å². The minimum Gasteiger partial charge on any atom is -0.337 e. The third kappa shape index (κ3) is 3.63. The summed E-state index contributed by atoms with van der Waals surface area (Å²) in [6.45, 7) is 2.89. The van der Waals surface area contributed by atoms with E-state index in [1.165, 1.54) is 11.6 Å². The molecule has 1 aromatic carbocycles. The molecule has 2 aliphatic heterocycles. The van der Waals surface area contributed by atoms with E-state index >= 15 is 0 Å². The van der Waals surface area contributed by atoms with Gasteiger partial charge in [0.05, 0.1) is 11.0 Å². The van der Waals surface area contributed by atoms with Crippen molar-refractivity contribution in [2.75, 3.05) is 19.6 Å². The first-order chi connectivity index (χ1) is 16.3. The number of aromatic nitrogens is 1. The number of carbonyl (C=O) groups excluding carboxylic acids is 1. The summed E-state index contributed by atoms with van der Waals surface area (Å²) in [5.74, 6) is 1.13. The molecule has 2 aliphatic carbocycles. The number of pyridine rings is 1. The summed E-state index contributed by atoms with van der Waals surface area (Å²) in [5.41, 5.74) is 1.55. The van der Waals surface area contributed by atoms with Crippen molar-refractivity contribution in [3.05, 3.63) is 65.0 Å². The first-order valence-corrected chi connectivity index (χ1v) is 12.5. The predicted molar refractivity (Wildman–Crippen MR) is 122 cm³/mol. The molecule has 1 aromatic heterocycles. The fourth-order valence-electron chi connectivity index (χ4n) is 7.05. The molecule has 0 radical (unpaired) electrons. The average Bonchev–Trinajstić information content (AvgIpc) is 3.35. The smallest absolute Gasteiger partial charge is 0.337 e. The number of alkyl halides is 3. The van der Waals surface area contributed by atoms with Crippen molar-refractivity contribution in [3.8, 4) is 0 Å². The van der Waals surface area contributed by atoms with Crippen LogP contribution in [0.15, 0.2) is 42.6 Å². The number of carbonyl (C=O) groups is 1. The van der Waals surface area contributed by atoms with Crippen LogP contribution in [0.3, 0.4) is 0 Å². The van der Waals surface area contributed by atoms with E-state index in [9.17, 15) is 18.0 Å². The van der Waals surface area contributed by atoms with Crippen LogP contribution in [0, 0.1) is 11.3 Å². The summed E-state index contributed by atoms with van der Waals surface area (Å²) in [5, 5.41) is 0. The molecule has 0 N–H and O–H groups in total. The molecule has 1 amide bonds. The second kappa shape index (κ2) is 8.08. The lowest BCUT2D eigenvalue weighted by Gasteiger charge is -2.44. The van der Waals surface area contributed by atoms with Crippen molar-refractivity contribution in [1.29, 1.82) is 0 Å². The molecule has 2 aromatic rings. The SMILES string of the molecule is O=C(N1CCc2ncc(C(F)(F)F)cc2C1)[C@@]12CCC[C@@H]1C[C@H](N1CC(c3ccccc3)C1)C2. The molecule has 3 heterocycles. The van der Waals surface area contributed by atoms with Crippen LogP contribution in [-0.4, -0.2) is 46.4 Å². The summed E-state index contributed by atoms with van der Waals surface area (Å²) in [6.07, 6.45) is 2.04. The molecule has 4 aliphatic rings. The summed E-state index contributed by atoms with van der Waals surface area (Å²) >= 11 is 0. The van der Waals surface area contributed by atoms with Gasteiger partial charge in [0.2, 0.25) is 5.91 Å². The maximum atomic E-state index is 13.9. The van der Waals surface area contributed by atoms with Gasteiger partial charge < -0.3 is 4.90 Å². The van der Waals surface area contributed by atoms with Gasteiger partial charge in [0.1, 0.15) is 0 Å². The van der Waals surface area contributed by atoms with E-state index in [1.54, 1.807) is 0 Å². The Bertz CT molecular complexity index is 1080. The third-order valence-corrected chi connectivity index (χ3v) is 8.89. The maximum absolute atomic E-state index is 13.9. The van der Waals surface area contributed by atoms with Crippen molar-refractivity contribution in [2.45, 2.75) is 63.2 Å². The van der Waals surface area contributed by atoms with Crippen molar-refractivity contribution >= 4 is 5.91 Å². The van der Waals surface area contributed by atoms with E-state index in [0.717, 1.165) is 51.4 Å². The zero-order valence-corrected chi connectivity index (χ0v) is 19.2. The third-order valence-electron chi connectivity index (χ3n) is 8.89. The molecular formula is C27H30F3N3O. The lowest BCUT2D eigenvalue weighted by Crippen LogP contribution is -2.51. The van der Waals surface area contributed by atoms with Gasteiger partial charge in [-0.2, -0.15) is 13.2 Å². The highest BCUT2D eigenvalue weighted by atomic mass is 19.4. The molecule has 2 saturated carbocycles. The number of halogens is 3. The molecule has 1 saturated heterocycles. The van der Waals surface area contributed by atoms with Gasteiger partial charge in [0.15, 0.2) is 0 Å². The van der Waals surface area contributed by atoms with Crippen LogP contribution in [0.4, 0.5) is 13.2 Å². The first kappa shape index (κ1) is 22.1. The Morgan fingerprint density at radius 1 is 1.15 bits per heavy atom. The summed E-state index contributed by atoms with van der Waals surface area (Å²) in [7, 11) is 0. The van der Waals surface area contributed by atoms with Crippen LogP contribution < -0.4 is 0 Å². The van der Waals surface area contributed by atoms with E-state index in [2.05, 4.69) is 34.1 Å². The van der Waals surface area contributed by atoms with Crippen molar-refractivity contribution in [3.63, 3.8) is 0 Å². The van der Waals surface area contributed by atoms with Gasteiger partial charge in [0.25, 0.3) is 0 Å². The van der Waals surface area contributed by atoms with Crippen molar-refractivity contribution in [2.24, 2.45) is 11.3 Å². The molecule has 180 valence electrons. The summed E-state index contributed by atoms with van der Waals surface area (Å²) < 4.78 is 39.6. The summed E-state index contributed by atoms with van der Waals surface area (Å²) in [6, 6.07) is 12.3. The Hall–Kier alpha value is -2.41. The highest BCUT2D eigenvalue weighted by Crippen LogP contribution is 2.57. The van der Waals surface area contributed by atoms with Crippen molar-refractivity contribution < 1.29 is 18.0 Å². The molecular weight excluding hydrogens is 439 g/mol. The molecule has 3 fully saturated rings. The number of rotatable bonds is 3. The standard InChI is InChI=1S/C27H30F3N3O/c28-27(29,30)22-11-19-15-32(10-8-24(19)31-14-22)25(34)26-9-4-7-21(26)12-23(13-26)33-16-20(17-33)18-5-2-1-3-6-18/h1-3,5-6,11,14,20-21,23H,4,7-10,12-13,15-17H2/t21-,23+,26-/m1/s1. The van der Waals surface area contributed by atoms with Gasteiger partial charge in [-0.1, -0.05) is 36.8 Å². The van der Waals surface area contributed by atoms with Crippen LogP contribution in [-0.2, 0) is 23.9 Å². The molecule has 34 heavy (non-hydrogen) atoms. The Kier molecular flexibility index (Phi) is 5.24. The van der Waals surface area contributed by atoms with Crippen LogP contribution in [0.5, 0.6) is 0 Å². The van der Waals surface area contributed by atoms with Gasteiger partial charge >= 0.3 is 6.18 Å². The number of hydrogen-bond donors (Lipinski definition) is 0. The minimum absolute atomic E-state index is 0.167. The second-order valence-electron chi connectivity index (χ2n) is 10.7. The number of amides is 1. The number of nitrogens with zero attached hydrogens (tertiary/aromatic N) is 3. The lowest BCUT2D eigenvalue weighted by atomic mass is 9.78. The molecule has 4 nitrogen and oxygen atoms in total. The number of likely N-dealkylation sites (tertiary alicyclic amines) is 1. The van der Waals surface area contributed by atoms with Crippen LogP contribution in [0.1, 0.15) is 60.4 Å². The molecule has 6 rings (SSSR count). The van der Waals surface area contributed by atoms with Gasteiger partial charge in [-0.05, 0) is 48.8 Å². The van der Waals surface area contributed by atoms with Gasteiger partial charge in [0, 0.05) is 56.5 Å². The predicted octanol–water partition coefficient (Wildman–Crippen LogP) is 5.03. The number of benzene rings is 1. The lowest BCUT2D eigenvalue weighted by molar-refractivity contribution is -0.144. The zero-order chi connectivity index (χ0) is 23.5. The van der Waals surface area contributed by atoms with E-state index in [0.29, 0.717) is 42.1 Å². The van der Waals surface area contributed by atoms with Crippen LogP contribution in [0.2, 0.25) is 0 Å². The zero-order valence-electron chi connectivity index (χ0n) is 19.2. The van der Waals surface area contributed by atoms with Crippen LogP contribution >= 0.6 is 0 Å². The molecule has 0 spiro atoms. The molecule has 0 unspecified atom stereocenters. The number of hydrogen-bond acceptors (Lipinski definition) is 3. The Labute approximate surface area is 198 Å². The highest BCUT2D eigenvalue weighted by molar-refractivity contribution is 5.84. The molecule has 0 bridgehead atoms. The fourth-order valence-corrected chi connectivity index (χ4v) is 7.05. The monoisotopic (exact) mass is 469 g/mol. The van der Waals surface area contributed by atoms with E-state index < -0.39 is 11.7 Å². The number of fused-ring (bicyclic) bond motifs is 2. The normalized spacial score (nSPS) is 29.6. The summed E-state index contributed by atoms with van der Waals surface area (Å²) in [4.78, 5) is 22.4. The van der Waals surface area contributed by atoms with Crippen LogP contribution in [0.25, 0.3) is 0 Å². The Morgan fingerprint density at radius 2 is 1.94 bits per heavy atom. The topological polar surface area (TPSA) is 36.4 Å². The van der Waals surface area contributed by atoms with E-state index in [-0.39, 0.29) is 17.9 Å².